The highest BCUT2D eigenvalue weighted by Crippen LogP contribution is 2.09. The Kier molecular flexibility index (Phi) is 12.7. The maximum Gasteiger partial charge on any atom is 0.119 e. The molecule has 2 rings (SSSR count). The predicted octanol–water partition coefficient (Wildman–Crippen LogP) is 5.52. The summed E-state index contributed by atoms with van der Waals surface area (Å²) in [6, 6.07) is 19.9. The van der Waals surface area contributed by atoms with Crippen LogP contribution in [0.3, 0.4) is 0 Å². The molecule has 0 aliphatic heterocycles. The molecule has 154 valence electrons. The molecule has 0 unspecified atom stereocenters. The lowest BCUT2D eigenvalue weighted by atomic mass is 10.3. The first kappa shape index (κ1) is 22.3. The summed E-state index contributed by atoms with van der Waals surface area (Å²) >= 11 is 0. The number of hydrogen-bond acceptors (Lipinski definition) is 4. The Morgan fingerprint density at radius 2 is 0.714 bits per heavy atom. The van der Waals surface area contributed by atoms with Gasteiger partial charge >= 0.3 is 0 Å². The molecule has 0 amide bonds. The highest BCUT2D eigenvalue weighted by molar-refractivity contribution is 5.21. The van der Waals surface area contributed by atoms with Gasteiger partial charge in [0, 0.05) is 26.4 Å². The fourth-order valence-electron chi connectivity index (χ4n) is 2.64. The molecule has 0 heterocycles. The van der Waals surface area contributed by atoms with Crippen molar-refractivity contribution in [3.8, 4) is 11.5 Å². The van der Waals surface area contributed by atoms with E-state index in [0.717, 1.165) is 89.7 Å². The Bertz CT molecular complexity index is 520. The third-order valence-electron chi connectivity index (χ3n) is 4.22. The molecule has 0 saturated heterocycles. The lowest BCUT2D eigenvalue weighted by Gasteiger charge is -2.07. The van der Waals surface area contributed by atoms with E-state index in [1.165, 1.54) is 0 Å². The smallest absolute Gasteiger partial charge is 0.119 e. The van der Waals surface area contributed by atoms with Crippen molar-refractivity contribution in [2.75, 3.05) is 39.6 Å². The van der Waals surface area contributed by atoms with Gasteiger partial charge in [-0.3, -0.25) is 0 Å². The van der Waals surface area contributed by atoms with Crippen LogP contribution in [0.5, 0.6) is 11.5 Å². The fourth-order valence-corrected chi connectivity index (χ4v) is 2.64. The average Bonchev–Trinajstić information content (AvgIpc) is 2.75. The van der Waals surface area contributed by atoms with Gasteiger partial charge in [0.15, 0.2) is 0 Å². The summed E-state index contributed by atoms with van der Waals surface area (Å²) in [7, 11) is 0. The zero-order chi connectivity index (χ0) is 19.5. The molecule has 4 heteroatoms. The predicted molar refractivity (Wildman–Crippen MR) is 113 cm³/mol. The van der Waals surface area contributed by atoms with Crippen LogP contribution >= 0.6 is 0 Å². The third kappa shape index (κ3) is 11.6. The third-order valence-corrected chi connectivity index (χ3v) is 4.22. The first-order valence-corrected chi connectivity index (χ1v) is 10.5. The van der Waals surface area contributed by atoms with Gasteiger partial charge in [-0.2, -0.15) is 0 Å². The highest BCUT2D eigenvalue weighted by Gasteiger charge is 1.96. The molecule has 0 bridgehead atoms. The molecule has 0 spiro atoms. The van der Waals surface area contributed by atoms with Crippen molar-refractivity contribution in [2.24, 2.45) is 0 Å². The van der Waals surface area contributed by atoms with Crippen molar-refractivity contribution in [3.63, 3.8) is 0 Å². The minimum Gasteiger partial charge on any atom is -0.494 e. The van der Waals surface area contributed by atoms with E-state index >= 15 is 0 Å². The van der Waals surface area contributed by atoms with Crippen LogP contribution in [-0.2, 0) is 9.47 Å². The topological polar surface area (TPSA) is 36.9 Å². The van der Waals surface area contributed by atoms with Crippen molar-refractivity contribution in [1.29, 1.82) is 0 Å². The van der Waals surface area contributed by atoms with Crippen LogP contribution in [0.15, 0.2) is 60.7 Å². The largest absolute Gasteiger partial charge is 0.494 e. The summed E-state index contributed by atoms with van der Waals surface area (Å²) in [5.74, 6) is 1.87. The van der Waals surface area contributed by atoms with Crippen molar-refractivity contribution in [1.82, 2.24) is 0 Å². The molecule has 28 heavy (non-hydrogen) atoms. The highest BCUT2D eigenvalue weighted by atomic mass is 16.5. The molecule has 2 aromatic carbocycles. The van der Waals surface area contributed by atoms with Crippen molar-refractivity contribution < 1.29 is 18.9 Å². The lowest BCUT2D eigenvalue weighted by molar-refractivity contribution is 0.0968. The molecule has 2 aromatic rings. The normalized spacial score (nSPS) is 10.7. The number of hydrogen-bond donors (Lipinski definition) is 0. The minimum atomic E-state index is 0.748. The Morgan fingerprint density at radius 1 is 0.393 bits per heavy atom. The maximum absolute atomic E-state index is 5.66. The molecule has 0 atom stereocenters. The van der Waals surface area contributed by atoms with E-state index < -0.39 is 0 Å². The molecule has 0 fully saturated rings. The molecule has 0 radical (unpaired) electrons. The van der Waals surface area contributed by atoms with E-state index in [9.17, 15) is 0 Å². The van der Waals surface area contributed by atoms with Crippen LogP contribution < -0.4 is 9.47 Å². The molecule has 4 nitrogen and oxygen atoms in total. The van der Waals surface area contributed by atoms with Gasteiger partial charge in [0.05, 0.1) is 13.2 Å². The summed E-state index contributed by atoms with van der Waals surface area (Å²) < 4.78 is 22.6. The van der Waals surface area contributed by atoms with E-state index in [-0.39, 0.29) is 0 Å². The molecule has 0 aliphatic carbocycles. The van der Waals surface area contributed by atoms with E-state index in [1.54, 1.807) is 0 Å². The van der Waals surface area contributed by atoms with Gasteiger partial charge in [-0.1, -0.05) is 36.4 Å². The van der Waals surface area contributed by atoms with E-state index in [1.807, 2.05) is 60.7 Å². The van der Waals surface area contributed by atoms with Gasteiger partial charge in [-0.05, 0) is 62.8 Å². The molecule has 0 saturated carbocycles. The second-order valence-electron chi connectivity index (χ2n) is 6.67. The van der Waals surface area contributed by atoms with Gasteiger partial charge in [0.25, 0.3) is 0 Å². The quantitative estimate of drug-likeness (QED) is 0.336. The molecule has 0 N–H and O–H groups in total. The Hall–Kier alpha value is -2.04. The van der Waals surface area contributed by atoms with E-state index in [4.69, 9.17) is 18.9 Å². The first-order chi connectivity index (χ1) is 13.9. The summed E-state index contributed by atoms with van der Waals surface area (Å²) in [6.45, 7) is 4.73. The SMILES string of the molecule is c1ccc(OCCCCOCCCCOCCCCOc2ccccc2)cc1. The fraction of sp³-hybridized carbons (Fsp3) is 0.500. The number of unbranched alkanes of at least 4 members (excludes halogenated alkanes) is 3. The number of para-hydroxylation sites is 2. The monoisotopic (exact) mass is 386 g/mol. The zero-order valence-corrected chi connectivity index (χ0v) is 16.9. The molecule has 0 aromatic heterocycles. The van der Waals surface area contributed by atoms with Crippen LogP contribution in [0.25, 0.3) is 0 Å². The summed E-state index contributed by atoms with van der Waals surface area (Å²) in [5, 5.41) is 0. The van der Waals surface area contributed by atoms with Crippen LogP contribution in [0.4, 0.5) is 0 Å². The maximum atomic E-state index is 5.66. The van der Waals surface area contributed by atoms with Crippen LogP contribution in [0.2, 0.25) is 0 Å². The van der Waals surface area contributed by atoms with Gasteiger partial charge in [-0.25, -0.2) is 0 Å². The standard InChI is InChI=1S/C24H34O4/c1-3-13-23(14-4-1)27-21-11-9-19-25-17-7-8-18-26-20-10-12-22-28-24-15-5-2-6-16-24/h1-6,13-16H,7-12,17-22H2. The van der Waals surface area contributed by atoms with E-state index in [2.05, 4.69) is 0 Å². The Morgan fingerprint density at radius 3 is 1.07 bits per heavy atom. The number of rotatable bonds is 17. The van der Waals surface area contributed by atoms with E-state index in [0.29, 0.717) is 0 Å². The minimum absolute atomic E-state index is 0.748. The van der Waals surface area contributed by atoms with Crippen LogP contribution in [-0.4, -0.2) is 39.6 Å². The molecule has 0 aliphatic rings. The Balaban J connectivity index is 1.25. The number of benzene rings is 2. The number of ether oxygens (including phenoxy) is 4. The van der Waals surface area contributed by atoms with Gasteiger partial charge in [0.1, 0.15) is 11.5 Å². The molecular weight excluding hydrogens is 352 g/mol. The summed E-state index contributed by atoms with van der Waals surface area (Å²) in [6.07, 6.45) is 6.22. The van der Waals surface area contributed by atoms with Crippen molar-refractivity contribution >= 4 is 0 Å². The van der Waals surface area contributed by atoms with Crippen molar-refractivity contribution in [2.45, 2.75) is 38.5 Å². The second kappa shape index (κ2) is 16.0. The first-order valence-electron chi connectivity index (χ1n) is 10.5. The Labute approximate surface area is 169 Å². The van der Waals surface area contributed by atoms with Crippen LogP contribution in [0, 0.1) is 0 Å². The lowest BCUT2D eigenvalue weighted by Crippen LogP contribution is -2.04. The van der Waals surface area contributed by atoms with Crippen LogP contribution in [0.1, 0.15) is 38.5 Å². The van der Waals surface area contributed by atoms with Gasteiger partial charge in [-0.15, -0.1) is 0 Å². The van der Waals surface area contributed by atoms with Gasteiger partial charge in [0.2, 0.25) is 0 Å². The summed E-state index contributed by atoms with van der Waals surface area (Å²) in [5.41, 5.74) is 0. The van der Waals surface area contributed by atoms with Gasteiger partial charge < -0.3 is 18.9 Å². The molecular formula is C24H34O4. The summed E-state index contributed by atoms with van der Waals surface area (Å²) in [4.78, 5) is 0. The zero-order valence-electron chi connectivity index (χ0n) is 16.9. The van der Waals surface area contributed by atoms with Crippen molar-refractivity contribution in [3.05, 3.63) is 60.7 Å². The average molecular weight is 387 g/mol. The second-order valence-corrected chi connectivity index (χ2v) is 6.67.